The molecule has 0 N–H and O–H groups in total. The number of ketones is 1. The summed E-state index contributed by atoms with van der Waals surface area (Å²) in [5, 5.41) is 9.87. The van der Waals surface area contributed by atoms with Crippen molar-refractivity contribution in [1.29, 1.82) is 0 Å². The van der Waals surface area contributed by atoms with Crippen LogP contribution in [0.5, 0.6) is 0 Å². The van der Waals surface area contributed by atoms with Gasteiger partial charge in [0, 0.05) is 13.1 Å². The zero-order valence-electron chi connectivity index (χ0n) is 13.2. The van der Waals surface area contributed by atoms with E-state index in [0.717, 1.165) is 37.6 Å². The van der Waals surface area contributed by atoms with Crippen molar-refractivity contribution in [3.05, 3.63) is 29.3 Å². The third-order valence-corrected chi connectivity index (χ3v) is 5.43. The molecule has 0 amide bonds. The minimum atomic E-state index is -0.174. The number of carbonyl (C=O) groups is 1. The number of thioether (sulfide) groups is 1. The second-order valence-corrected chi connectivity index (χ2v) is 7.35. The number of benzene rings is 1. The quantitative estimate of drug-likeness (QED) is 0.771. The standard InChI is InChI=1S/C16H19ClN4OS/c1-11(22)12(2)23-16-19-18-15(20-9-5-6-10-20)21(16)14-8-4-3-7-13(14)17/h3-4,7-8,12H,5-6,9-10H2,1-2H3. The average Bonchev–Trinajstić information content (AvgIpc) is 3.17. The Labute approximate surface area is 145 Å². The fraction of sp³-hybridized carbons (Fsp3) is 0.438. The molecule has 122 valence electrons. The number of halogens is 1. The number of Topliss-reactive ketones (excluding diaryl/α,β-unsaturated/α-hetero) is 1. The molecular formula is C16H19ClN4OS. The van der Waals surface area contributed by atoms with Crippen molar-refractivity contribution in [2.24, 2.45) is 0 Å². The van der Waals surface area contributed by atoms with Crippen molar-refractivity contribution >= 4 is 35.1 Å². The van der Waals surface area contributed by atoms with Crippen LogP contribution in [-0.4, -0.2) is 38.9 Å². The third kappa shape index (κ3) is 3.38. The first-order chi connectivity index (χ1) is 11.1. The maximum absolute atomic E-state index is 11.6. The van der Waals surface area contributed by atoms with E-state index >= 15 is 0 Å². The lowest BCUT2D eigenvalue weighted by molar-refractivity contribution is -0.116. The molecule has 1 atom stereocenters. The van der Waals surface area contributed by atoms with Crippen molar-refractivity contribution in [2.75, 3.05) is 18.0 Å². The SMILES string of the molecule is CC(=O)C(C)Sc1nnc(N2CCCC2)n1-c1ccccc1Cl. The molecule has 1 fully saturated rings. The molecule has 5 nitrogen and oxygen atoms in total. The van der Waals surface area contributed by atoms with Gasteiger partial charge >= 0.3 is 0 Å². The first-order valence-electron chi connectivity index (χ1n) is 7.70. The molecule has 7 heteroatoms. The summed E-state index contributed by atoms with van der Waals surface area (Å²) in [4.78, 5) is 13.8. The lowest BCUT2D eigenvalue weighted by Crippen LogP contribution is -2.22. The Morgan fingerprint density at radius 3 is 2.61 bits per heavy atom. The minimum absolute atomic E-state index is 0.117. The van der Waals surface area contributed by atoms with E-state index in [4.69, 9.17) is 11.6 Å². The number of hydrogen-bond donors (Lipinski definition) is 0. The van der Waals surface area contributed by atoms with Gasteiger partial charge in [-0.05, 0) is 38.8 Å². The van der Waals surface area contributed by atoms with Gasteiger partial charge in [0.05, 0.1) is 16.0 Å². The molecule has 0 bridgehead atoms. The van der Waals surface area contributed by atoms with E-state index in [1.807, 2.05) is 35.8 Å². The second kappa shape index (κ2) is 6.93. The Kier molecular flexibility index (Phi) is 4.92. The highest BCUT2D eigenvalue weighted by Crippen LogP contribution is 2.33. The normalized spacial score (nSPS) is 15.9. The van der Waals surface area contributed by atoms with Crippen LogP contribution in [0.3, 0.4) is 0 Å². The minimum Gasteiger partial charge on any atom is -0.341 e. The van der Waals surface area contributed by atoms with Gasteiger partial charge in [-0.1, -0.05) is 35.5 Å². The fourth-order valence-corrected chi connectivity index (χ4v) is 3.62. The Morgan fingerprint density at radius 1 is 1.26 bits per heavy atom. The van der Waals surface area contributed by atoms with Crippen molar-refractivity contribution in [2.45, 2.75) is 37.1 Å². The van der Waals surface area contributed by atoms with E-state index in [0.29, 0.717) is 10.2 Å². The summed E-state index contributed by atoms with van der Waals surface area (Å²) < 4.78 is 1.97. The number of nitrogens with zero attached hydrogens (tertiary/aromatic N) is 4. The van der Waals surface area contributed by atoms with Gasteiger partial charge in [0.15, 0.2) is 5.16 Å². The molecule has 2 heterocycles. The Balaban J connectivity index is 2.06. The summed E-state index contributed by atoms with van der Waals surface area (Å²) in [7, 11) is 0. The first kappa shape index (κ1) is 16.3. The number of rotatable bonds is 5. The largest absolute Gasteiger partial charge is 0.341 e. The maximum Gasteiger partial charge on any atom is 0.232 e. The van der Waals surface area contributed by atoms with Gasteiger partial charge in [0.2, 0.25) is 5.95 Å². The summed E-state index contributed by atoms with van der Waals surface area (Å²) in [5.41, 5.74) is 0.847. The monoisotopic (exact) mass is 350 g/mol. The predicted octanol–water partition coefficient (Wildman–Crippen LogP) is 3.59. The van der Waals surface area contributed by atoms with Gasteiger partial charge in [0.1, 0.15) is 5.78 Å². The highest BCUT2D eigenvalue weighted by molar-refractivity contribution is 8.00. The van der Waals surface area contributed by atoms with Gasteiger partial charge in [0.25, 0.3) is 0 Å². The van der Waals surface area contributed by atoms with Gasteiger partial charge in [-0.2, -0.15) is 0 Å². The molecule has 1 saturated heterocycles. The molecule has 1 aromatic carbocycles. The average molecular weight is 351 g/mol. The molecule has 1 unspecified atom stereocenters. The van der Waals surface area contributed by atoms with Crippen molar-refractivity contribution in [1.82, 2.24) is 14.8 Å². The van der Waals surface area contributed by atoms with E-state index in [2.05, 4.69) is 15.1 Å². The highest BCUT2D eigenvalue weighted by Gasteiger charge is 2.25. The summed E-state index contributed by atoms with van der Waals surface area (Å²) >= 11 is 7.81. The third-order valence-electron chi connectivity index (χ3n) is 3.95. The number of carbonyl (C=O) groups excluding carboxylic acids is 1. The summed E-state index contributed by atoms with van der Waals surface area (Å²) in [5.74, 6) is 0.917. The van der Waals surface area contributed by atoms with Crippen molar-refractivity contribution in [3.63, 3.8) is 0 Å². The maximum atomic E-state index is 11.6. The summed E-state index contributed by atoms with van der Waals surface area (Å²) in [6.45, 7) is 5.41. The number of anilines is 1. The number of para-hydroxylation sites is 1. The molecule has 0 saturated carbocycles. The van der Waals surface area contributed by atoms with E-state index in [1.54, 1.807) is 6.92 Å². The van der Waals surface area contributed by atoms with Crippen LogP contribution >= 0.6 is 23.4 Å². The first-order valence-corrected chi connectivity index (χ1v) is 8.96. The molecule has 3 rings (SSSR count). The molecular weight excluding hydrogens is 332 g/mol. The van der Waals surface area contributed by atoms with E-state index in [-0.39, 0.29) is 11.0 Å². The molecule has 2 aromatic rings. The van der Waals surface area contributed by atoms with Gasteiger partial charge < -0.3 is 4.90 Å². The van der Waals surface area contributed by atoms with Crippen LogP contribution in [0.4, 0.5) is 5.95 Å². The molecule has 23 heavy (non-hydrogen) atoms. The Bertz CT molecular complexity index is 712. The van der Waals surface area contributed by atoms with Crippen LogP contribution in [0.15, 0.2) is 29.4 Å². The van der Waals surface area contributed by atoms with Crippen LogP contribution in [0.25, 0.3) is 5.69 Å². The predicted molar refractivity (Wildman–Crippen MR) is 93.8 cm³/mol. The molecule has 1 aromatic heterocycles. The smallest absolute Gasteiger partial charge is 0.232 e. The van der Waals surface area contributed by atoms with Crippen molar-refractivity contribution < 1.29 is 4.79 Å². The van der Waals surface area contributed by atoms with Gasteiger partial charge in [-0.3, -0.25) is 9.36 Å². The Morgan fingerprint density at radius 2 is 1.96 bits per heavy atom. The molecule has 0 spiro atoms. The molecule has 0 aliphatic carbocycles. The van der Waals surface area contributed by atoms with Gasteiger partial charge in [-0.15, -0.1) is 10.2 Å². The lowest BCUT2D eigenvalue weighted by atomic mass is 10.3. The zero-order valence-corrected chi connectivity index (χ0v) is 14.8. The van der Waals surface area contributed by atoms with E-state index in [9.17, 15) is 4.79 Å². The Hall–Kier alpha value is -1.53. The second-order valence-electron chi connectivity index (χ2n) is 5.63. The molecule has 1 aliphatic rings. The van der Waals surface area contributed by atoms with E-state index < -0.39 is 0 Å². The zero-order chi connectivity index (χ0) is 16.4. The highest BCUT2D eigenvalue weighted by atomic mass is 35.5. The summed E-state index contributed by atoms with van der Waals surface area (Å²) in [6.07, 6.45) is 2.31. The number of aromatic nitrogens is 3. The lowest BCUT2D eigenvalue weighted by Gasteiger charge is -2.19. The van der Waals surface area contributed by atoms with Crippen LogP contribution in [-0.2, 0) is 4.79 Å². The van der Waals surface area contributed by atoms with Crippen LogP contribution < -0.4 is 4.90 Å². The number of hydrogen-bond acceptors (Lipinski definition) is 5. The van der Waals surface area contributed by atoms with Crippen molar-refractivity contribution in [3.8, 4) is 5.69 Å². The van der Waals surface area contributed by atoms with Gasteiger partial charge in [-0.25, -0.2) is 0 Å². The van der Waals surface area contributed by atoms with Crippen LogP contribution in [0.2, 0.25) is 5.02 Å². The molecule has 0 radical (unpaired) electrons. The van der Waals surface area contributed by atoms with Crippen LogP contribution in [0.1, 0.15) is 26.7 Å². The van der Waals surface area contributed by atoms with E-state index in [1.165, 1.54) is 11.8 Å². The summed E-state index contributed by atoms with van der Waals surface area (Å²) in [6, 6.07) is 7.65. The topological polar surface area (TPSA) is 51.0 Å². The fourth-order valence-electron chi connectivity index (χ4n) is 2.55. The molecule has 1 aliphatic heterocycles. The van der Waals surface area contributed by atoms with Crippen LogP contribution in [0, 0.1) is 0 Å².